The van der Waals surface area contributed by atoms with Crippen LogP contribution in [-0.4, -0.2) is 26.7 Å². The molecule has 3 aromatic heterocycles. The molecule has 4 N–H and O–H groups in total. The van der Waals surface area contributed by atoms with Crippen LogP contribution >= 0.6 is 11.3 Å². The van der Waals surface area contributed by atoms with Crippen LogP contribution in [0.1, 0.15) is 17.3 Å². The summed E-state index contributed by atoms with van der Waals surface area (Å²) in [5, 5.41) is 11.3. The average Bonchev–Trinajstić information content (AvgIpc) is 3.28. The molecule has 0 saturated carbocycles. The van der Waals surface area contributed by atoms with E-state index in [1.807, 2.05) is 17.5 Å². The lowest BCUT2D eigenvalue weighted by Gasteiger charge is -2.15. The van der Waals surface area contributed by atoms with E-state index in [9.17, 15) is 9.59 Å². The number of carbonyl (C=O) groups excluding carboxylic acids is 2. The Labute approximate surface area is 147 Å². The van der Waals surface area contributed by atoms with Crippen molar-refractivity contribution in [2.24, 2.45) is 5.73 Å². The first-order valence-electron chi connectivity index (χ1n) is 7.47. The van der Waals surface area contributed by atoms with Crippen LogP contribution in [0.25, 0.3) is 5.82 Å². The van der Waals surface area contributed by atoms with E-state index < -0.39 is 12.1 Å². The van der Waals surface area contributed by atoms with E-state index in [4.69, 9.17) is 5.73 Å². The van der Waals surface area contributed by atoms with E-state index >= 15 is 0 Å². The van der Waals surface area contributed by atoms with E-state index in [1.54, 1.807) is 41.5 Å². The Balaban J connectivity index is 1.63. The van der Waals surface area contributed by atoms with E-state index in [-0.39, 0.29) is 12.3 Å². The maximum atomic E-state index is 12.3. The summed E-state index contributed by atoms with van der Waals surface area (Å²) >= 11 is 1.45. The van der Waals surface area contributed by atoms with Crippen LogP contribution in [-0.2, 0) is 4.79 Å². The Morgan fingerprint density at radius 1 is 1.28 bits per heavy atom. The van der Waals surface area contributed by atoms with E-state index in [1.165, 1.54) is 11.3 Å². The number of pyridine rings is 1. The lowest BCUT2D eigenvalue weighted by Crippen LogP contribution is -2.34. The molecule has 0 saturated heterocycles. The smallest absolute Gasteiger partial charge is 0.312 e. The molecule has 0 spiro atoms. The van der Waals surface area contributed by atoms with Crippen LogP contribution in [0.15, 0.2) is 54.3 Å². The number of nitrogens with one attached hydrogen (secondary N) is 2. The molecule has 0 aliphatic heterocycles. The van der Waals surface area contributed by atoms with Gasteiger partial charge in [-0.1, -0.05) is 6.07 Å². The van der Waals surface area contributed by atoms with Gasteiger partial charge in [0.15, 0.2) is 5.82 Å². The van der Waals surface area contributed by atoms with Gasteiger partial charge in [-0.2, -0.15) is 5.10 Å². The predicted molar refractivity (Wildman–Crippen MR) is 94.4 cm³/mol. The molecular formula is C16H16N6O2S. The number of nitrogens with zero attached hydrogens (tertiary/aromatic N) is 3. The second kappa shape index (κ2) is 7.58. The number of hydrogen-bond donors (Lipinski definition) is 3. The van der Waals surface area contributed by atoms with Gasteiger partial charge in [0.25, 0.3) is 0 Å². The summed E-state index contributed by atoms with van der Waals surface area (Å²) in [5.74, 6) is 0.399. The number of anilines is 1. The van der Waals surface area contributed by atoms with Crippen LogP contribution in [0.5, 0.6) is 0 Å². The van der Waals surface area contributed by atoms with Gasteiger partial charge in [-0.25, -0.2) is 14.5 Å². The summed E-state index contributed by atoms with van der Waals surface area (Å²) in [5.41, 5.74) is 5.76. The van der Waals surface area contributed by atoms with Crippen molar-refractivity contribution in [2.75, 3.05) is 5.32 Å². The number of primary amides is 1. The van der Waals surface area contributed by atoms with Crippen molar-refractivity contribution in [1.29, 1.82) is 0 Å². The van der Waals surface area contributed by atoms with Crippen LogP contribution in [0.3, 0.4) is 0 Å². The van der Waals surface area contributed by atoms with Crippen molar-refractivity contribution in [2.45, 2.75) is 12.5 Å². The standard InChI is InChI=1S/C16H16N6O2S/c17-16(24)21-12(13-3-1-8-25-13)9-15(23)20-11-4-5-14(18-10-11)22-7-2-6-19-22/h1-8,10,12H,9H2,(H,20,23)(H3,17,21,24)/t12-/m0/s1. The van der Waals surface area contributed by atoms with Gasteiger partial charge in [-0.05, 0) is 29.6 Å². The van der Waals surface area contributed by atoms with Crippen LogP contribution in [0.4, 0.5) is 10.5 Å². The van der Waals surface area contributed by atoms with Gasteiger partial charge in [0.05, 0.1) is 24.3 Å². The molecular weight excluding hydrogens is 340 g/mol. The molecule has 25 heavy (non-hydrogen) atoms. The molecule has 0 fully saturated rings. The Hall–Kier alpha value is -3.20. The van der Waals surface area contributed by atoms with Gasteiger partial charge >= 0.3 is 6.03 Å². The maximum Gasteiger partial charge on any atom is 0.312 e. The maximum absolute atomic E-state index is 12.3. The molecule has 3 rings (SSSR count). The molecule has 0 aliphatic rings. The van der Waals surface area contributed by atoms with Crippen molar-refractivity contribution < 1.29 is 9.59 Å². The zero-order valence-corrected chi connectivity index (χ0v) is 13.9. The van der Waals surface area contributed by atoms with Crippen LogP contribution in [0, 0.1) is 0 Å². The zero-order valence-electron chi connectivity index (χ0n) is 13.1. The lowest BCUT2D eigenvalue weighted by atomic mass is 10.1. The number of amides is 3. The predicted octanol–water partition coefficient (Wildman–Crippen LogP) is 2.07. The van der Waals surface area contributed by atoms with Crippen molar-refractivity contribution >= 4 is 29.0 Å². The van der Waals surface area contributed by atoms with Crippen molar-refractivity contribution in [3.05, 3.63) is 59.2 Å². The summed E-state index contributed by atoms with van der Waals surface area (Å²) in [4.78, 5) is 28.5. The molecule has 1 atom stereocenters. The molecule has 0 bridgehead atoms. The molecule has 3 amide bonds. The summed E-state index contributed by atoms with van der Waals surface area (Å²) in [7, 11) is 0. The molecule has 128 valence electrons. The Kier molecular flexibility index (Phi) is 5.05. The summed E-state index contributed by atoms with van der Waals surface area (Å²) < 4.78 is 1.62. The quantitative estimate of drug-likeness (QED) is 0.627. The number of rotatable bonds is 6. The first kappa shape index (κ1) is 16.7. The normalized spacial score (nSPS) is 11.7. The van der Waals surface area contributed by atoms with Gasteiger partial charge in [-0.15, -0.1) is 11.3 Å². The van der Waals surface area contributed by atoms with Crippen molar-refractivity contribution in [3.63, 3.8) is 0 Å². The van der Waals surface area contributed by atoms with E-state index in [0.717, 1.165) is 4.88 Å². The van der Waals surface area contributed by atoms with Gasteiger partial charge in [-0.3, -0.25) is 4.79 Å². The first-order valence-corrected chi connectivity index (χ1v) is 8.35. The molecule has 0 aromatic carbocycles. The van der Waals surface area contributed by atoms with Crippen LogP contribution in [0.2, 0.25) is 0 Å². The third kappa shape index (κ3) is 4.42. The summed E-state index contributed by atoms with van der Waals surface area (Å²) in [6, 6.07) is 7.85. The van der Waals surface area contributed by atoms with Gasteiger partial charge in [0, 0.05) is 17.3 Å². The van der Waals surface area contributed by atoms with Crippen molar-refractivity contribution in [3.8, 4) is 5.82 Å². The van der Waals surface area contributed by atoms with Crippen LogP contribution < -0.4 is 16.4 Å². The van der Waals surface area contributed by atoms with Gasteiger partial charge in [0.2, 0.25) is 5.91 Å². The monoisotopic (exact) mass is 356 g/mol. The minimum Gasteiger partial charge on any atom is -0.352 e. The highest BCUT2D eigenvalue weighted by Crippen LogP contribution is 2.22. The number of urea groups is 1. The molecule has 0 unspecified atom stereocenters. The summed E-state index contributed by atoms with van der Waals surface area (Å²) in [6.07, 6.45) is 5.07. The fourth-order valence-electron chi connectivity index (χ4n) is 2.28. The number of nitrogens with two attached hydrogens (primary N) is 1. The highest BCUT2D eigenvalue weighted by Gasteiger charge is 2.18. The number of aromatic nitrogens is 3. The second-order valence-corrected chi connectivity index (χ2v) is 6.16. The fraction of sp³-hybridized carbons (Fsp3) is 0.125. The van der Waals surface area contributed by atoms with E-state index in [2.05, 4.69) is 20.7 Å². The molecule has 0 aliphatic carbocycles. The number of thiophene rings is 1. The SMILES string of the molecule is NC(=O)N[C@@H](CC(=O)Nc1ccc(-n2cccn2)nc1)c1cccs1. The largest absolute Gasteiger partial charge is 0.352 e. The third-order valence-corrected chi connectivity index (χ3v) is 4.35. The third-order valence-electron chi connectivity index (χ3n) is 3.36. The Morgan fingerprint density at radius 3 is 2.76 bits per heavy atom. The second-order valence-electron chi connectivity index (χ2n) is 5.18. The van der Waals surface area contributed by atoms with Gasteiger partial charge in [0.1, 0.15) is 0 Å². The summed E-state index contributed by atoms with van der Waals surface area (Å²) in [6.45, 7) is 0. The highest BCUT2D eigenvalue weighted by molar-refractivity contribution is 7.10. The minimum absolute atomic E-state index is 0.0738. The fourth-order valence-corrected chi connectivity index (χ4v) is 3.06. The molecule has 3 aromatic rings. The van der Waals surface area contributed by atoms with Crippen molar-refractivity contribution in [1.82, 2.24) is 20.1 Å². The zero-order chi connectivity index (χ0) is 17.6. The Morgan fingerprint density at radius 2 is 2.16 bits per heavy atom. The highest BCUT2D eigenvalue weighted by atomic mass is 32.1. The average molecular weight is 356 g/mol. The van der Waals surface area contributed by atoms with Gasteiger partial charge < -0.3 is 16.4 Å². The Bertz CT molecular complexity index is 830. The topological polar surface area (TPSA) is 115 Å². The molecule has 8 nitrogen and oxygen atoms in total. The number of carbonyl (C=O) groups is 2. The number of hydrogen-bond acceptors (Lipinski definition) is 5. The minimum atomic E-state index is -0.670. The molecule has 3 heterocycles. The van der Waals surface area contributed by atoms with E-state index in [0.29, 0.717) is 11.5 Å². The first-order chi connectivity index (χ1) is 12.1. The molecule has 9 heteroatoms. The lowest BCUT2D eigenvalue weighted by molar-refractivity contribution is -0.116. The molecule has 0 radical (unpaired) electrons.